The van der Waals surface area contributed by atoms with Crippen molar-refractivity contribution in [1.29, 1.82) is 0 Å². The maximum absolute atomic E-state index is 13.3. The van der Waals surface area contributed by atoms with Crippen LogP contribution in [0.2, 0.25) is 0 Å². The minimum atomic E-state index is -0.119. The van der Waals surface area contributed by atoms with E-state index in [4.69, 9.17) is 9.15 Å². The lowest BCUT2D eigenvalue weighted by atomic mass is 9.72. The van der Waals surface area contributed by atoms with Crippen LogP contribution in [-0.2, 0) is 4.74 Å². The molecule has 0 aliphatic carbocycles. The van der Waals surface area contributed by atoms with Crippen LogP contribution in [0.1, 0.15) is 40.7 Å². The molecule has 2 aliphatic heterocycles. The van der Waals surface area contributed by atoms with Gasteiger partial charge in [-0.3, -0.25) is 14.8 Å². The molecule has 2 aliphatic rings. The summed E-state index contributed by atoms with van der Waals surface area (Å²) in [6.07, 6.45) is 6.83. The highest BCUT2D eigenvalue weighted by molar-refractivity contribution is 5.95. The van der Waals surface area contributed by atoms with Gasteiger partial charge in [0.05, 0.1) is 11.5 Å². The van der Waals surface area contributed by atoms with E-state index in [2.05, 4.69) is 20.2 Å². The first-order chi connectivity index (χ1) is 14.7. The van der Waals surface area contributed by atoms with Crippen molar-refractivity contribution in [3.8, 4) is 11.5 Å². The van der Waals surface area contributed by atoms with Gasteiger partial charge in [0, 0.05) is 61.6 Å². The molecule has 8 heteroatoms. The SMILES string of the molecule is Cc1ncccc1C(=O)N1CC(c2nnc(-c3ccncc3)o2)C2(CCOCC2)C1. The third kappa shape index (κ3) is 3.27. The molecule has 2 fully saturated rings. The number of carbonyl (C=O) groups excluding carboxylic acids is 1. The Morgan fingerprint density at radius 2 is 1.93 bits per heavy atom. The van der Waals surface area contributed by atoms with Crippen molar-refractivity contribution in [3.05, 3.63) is 60.0 Å². The molecular weight excluding hydrogens is 382 g/mol. The topological polar surface area (TPSA) is 94.2 Å². The van der Waals surface area contributed by atoms with E-state index in [0.717, 1.165) is 24.1 Å². The molecule has 8 nitrogen and oxygen atoms in total. The summed E-state index contributed by atoms with van der Waals surface area (Å²) >= 11 is 0. The Hall–Kier alpha value is -3.13. The Morgan fingerprint density at radius 3 is 2.70 bits per heavy atom. The summed E-state index contributed by atoms with van der Waals surface area (Å²) in [5.74, 6) is 1.04. The standard InChI is InChI=1S/C22H23N5O3/c1-15-17(3-2-8-24-15)21(28)27-13-18(22(14-27)6-11-29-12-7-22)20-26-25-19(30-20)16-4-9-23-10-5-16/h2-5,8-10,18H,6-7,11-14H2,1H3. The van der Waals surface area contributed by atoms with E-state index in [0.29, 0.717) is 43.6 Å². The molecule has 1 atom stereocenters. The number of hydrogen-bond donors (Lipinski definition) is 0. The van der Waals surface area contributed by atoms with Crippen molar-refractivity contribution in [2.24, 2.45) is 5.41 Å². The number of carbonyl (C=O) groups is 1. The third-order valence-corrected chi connectivity index (χ3v) is 6.33. The van der Waals surface area contributed by atoms with Gasteiger partial charge < -0.3 is 14.1 Å². The van der Waals surface area contributed by atoms with E-state index in [1.807, 2.05) is 30.0 Å². The van der Waals surface area contributed by atoms with Gasteiger partial charge in [0.15, 0.2) is 0 Å². The highest BCUT2D eigenvalue weighted by atomic mass is 16.5. The second-order valence-electron chi connectivity index (χ2n) is 8.03. The first-order valence-electron chi connectivity index (χ1n) is 10.2. The Kier molecular flexibility index (Phi) is 4.78. The van der Waals surface area contributed by atoms with Gasteiger partial charge in [-0.05, 0) is 44.0 Å². The van der Waals surface area contributed by atoms with Crippen molar-refractivity contribution < 1.29 is 13.9 Å². The number of ether oxygens (including phenoxy) is 1. The lowest BCUT2D eigenvalue weighted by Gasteiger charge is -2.36. The van der Waals surface area contributed by atoms with E-state index in [9.17, 15) is 4.79 Å². The Bertz CT molecular complexity index is 1050. The molecular formula is C22H23N5O3. The molecule has 1 unspecified atom stereocenters. The maximum atomic E-state index is 13.3. The van der Waals surface area contributed by atoms with Crippen molar-refractivity contribution in [3.63, 3.8) is 0 Å². The highest BCUT2D eigenvalue weighted by Crippen LogP contribution is 2.49. The number of pyridine rings is 2. The Labute approximate surface area is 174 Å². The molecule has 5 heterocycles. The van der Waals surface area contributed by atoms with E-state index >= 15 is 0 Å². The van der Waals surface area contributed by atoms with Gasteiger partial charge in [0.2, 0.25) is 11.8 Å². The summed E-state index contributed by atoms with van der Waals surface area (Å²) in [6, 6.07) is 7.33. The van der Waals surface area contributed by atoms with E-state index in [1.54, 1.807) is 24.7 Å². The van der Waals surface area contributed by atoms with Crippen LogP contribution < -0.4 is 0 Å². The molecule has 5 rings (SSSR count). The molecule has 154 valence electrons. The molecule has 3 aromatic rings. The van der Waals surface area contributed by atoms with E-state index in [-0.39, 0.29) is 17.2 Å². The van der Waals surface area contributed by atoms with Gasteiger partial charge in [0.1, 0.15) is 0 Å². The fourth-order valence-electron chi connectivity index (χ4n) is 4.62. The number of likely N-dealkylation sites (tertiary alicyclic amines) is 1. The predicted molar refractivity (Wildman–Crippen MR) is 108 cm³/mol. The monoisotopic (exact) mass is 405 g/mol. The highest BCUT2D eigenvalue weighted by Gasteiger charge is 2.51. The first-order valence-corrected chi connectivity index (χ1v) is 10.2. The summed E-state index contributed by atoms with van der Waals surface area (Å²) in [5, 5.41) is 8.64. The normalized spacial score (nSPS) is 20.6. The number of aromatic nitrogens is 4. The van der Waals surface area contributed by atoms with Crippen molar-refractivity contribution in [2.75, 3.05) is 26.3 Å². The van der Waals surface area contributed by atoms with Crippen molar-refractivity contribution in [2.45, 2.75) is 25.7 Å². The van der Waals surface area contributed by atoms with Crippen LogP contribution in [0.15, 0.2) is 47.3 Å². The van der Waals surface area contributed by atoms with Gasteiger partial charge in [-0.1, -0.05) is 0 Å². The average molecular weight is 405 g/mol. The van der Waals surface area contributed by atoms with Crippen LogP contribution in [0.5, 0.6) is 0 Å². The second kappa shape index (κ2) is 7.60. The molecule has 1 amide bonds. The zero-order chi connectivity index (χ0) is 20.6. The summed E-state index contributed by atoms with van der Waals surface area (Å²) in [7, 11) is 0. The predicted octanol–water partition coefficient (Wildman–Crippen LogP) is 2.87. The molecule has 0 N–H and O–H groups in total. The largest absolute Gasteiger partial charge is 0.420 e. The number of amides is 1. The molecule has 0 bridgehead atoms. The summed E-state index contributed by atoms with van der Waals surface area (Å²) in [5.41, 5.74) is 2.10. The minimum Gasteiger partial charge on any atom is -0.420 e. The fourth-order valence-corrected chi connectivity index (χ4v) is 4.62. The molecule has 2 saturated heterocycles. The zero-order valence-corrected chi connectivity index (χ0v) is 16.8. The average Bonchev–Trinajstić information content (AvgIpc) is 3.40. The number of rotatable bonds is 3. The van der Waals surface area contributed by atoms with Crippen LogP contribution in [-0.4, -0.2) is 57.3 Å². The maximum Gasteiger partial charge on any atom is 0.255 e. The van der Waals surface area contributed by atoms with Crippen LogP contribution in [0.3, 0.4) is 0 Å². The van der Waals surface area contributed by atoms with Crippen LogP contribution in [0.4, 0.5) is 0 Å². The number of hydrogen-bond acceptors (Lipinski definition) is 7. The van der Waals surface area contributed by atoms with Gasteiger partial charge in [-0.2, -0.15) is 0 Å². The molecule has 0 radical (unpaired) electrons. The molecule has 0 aromatic carbocycles. The number of nitrogens with zero attached hydrogens (tertiary/aromatic N) is 5. The number of aryl methyl sites for hydroxylation is 1. The first kappa shape index (κ1) is 18.9. The zero-order valence-electron chi connectivity index (χ0n) is 16.8. The Morgan fingerprint density at radius 1 is 1.13 bits per heavy atom. The quantitative estimate of drug-likeness (QED) is 0.661. The fraction of sp³-hybridized carbons (Fsp3) is 0.409. The molecule has 30 heavy (non-hydrogen) atoms. The van der Waals surface area contributed by atoms with Gasteiger partial charge in [-0.25, -0.2) is 0 Å². The van der Waals surface area contributed by atoms with Crippen molar-refractivity contribution >= 4 is 5.91 Å². The molecule has 0 saturated carbocycles. The lowest BCUT2D eigenvalue weighted by molar-refractivity contribution is 0.00907. The summed E-state index contributed by atoms with van der Waals surface area (Å²) < 4.78 is 11.7. The summed E-state index contributed by atoms with van der Waals surface area (Å²) in [6.45, 7) is 4.42. The van der Waals surface area contributed by atoms with E-state index in [1.165, 1.54) is 0 Å². The second-order valence-corrected chi connectivity index (χ2v) is 8.03. The summed E-state index contributed by atoms with van der Waals surface area (Å²) in [4.78, 5) is 23.5. The molecule has 1 spiro atoms. The molecule has 3 aromatic heterocycles. The van der Waals surface area contributed by atoms with Gasteiger partial charge in [0.25, 0.3) is 5.91 Å². The third-order valence-electron chi connectivity index (χ3n) is 6.33. The minimum absolute atomic E-state index is 0.00263. The van der Waals surface area contributed by atoms with Crippen molar-refractivity contribution in [1.82, 2.24) is 25.1 Å². The van der Waals surface area contributed by atoms with E-state index < -0.39 is 0 Å². The Balaban J connectivity index is 1.47. The van der Waals surface area contributed by atoms with Crippen LogP contribution >= 0.6 is 0 Å². The van der Waals surface area contributed by atoms with Gasteiger partial charge >= 0.3 is 0 Å². The van der Waals surface area contributed by atoms with Crippen LogP contribution in [0.25, 0.3) is 11.5 Å². The lowest BCUT2D eigenvalue weighted by Crippen LogP contribution is -2.37. The van der Waals surface area contributed by atoms with Crippen LogP contribution in [0, 0.1) is 12.3 Å². The smallest absolute Gasteiger partial charge is 0.255 e. The van der Waals surface area contributed by atoms with Gasteiger partial charge in [-0.15, -0.1) is 10.2 Å².